The monoisotopic (exact) mass is 359 g/mol. The molecule has 0 bridgehead atoms. The van der Waals surface area contributed by atoms with Crippen molar-refractivity contribution in [3.8, 4) is 5.69 Å². The zero-order valence-corrected chi connectivity index (χ0v) is 12.6. The van der Waals surface area contributed by atoms with Crippen molar-refractivity contribution in [2.75, 3.05) is 6.54 Å². The summed E-state index contributed by atoms with van der Waals surface area (Å²) in [5.41, 5.74) is 5.72. The maximum atomic E-state index is 12.7. The van der Waals surface area contributed by atoms with Gasteiger partial charge in [0.1, 0.15) is 10.4 Å². The molecule has 0 spiro atoms. The molecule has 0 aromatic carbocycles. The Labute approximate surface area is 126 Å². The van der Waals surface area contributed by atoms with E-state index in [1.807, 2.05) is 0 Å². The van der Waals surface area contributed by atoms with Crippen molar-refractivity contribution in [3.05, 3.63) is 50.4 Å². The fourth-order valence-corrected chi connectivity index (χ4v) is 2.30. The predicted molar refractivity (Wildman–Crippen MR) is 76.4 cm³/mol. The third-order valence-electron chi connectivity index (χ3n) is 2.92. The summed E-state index contributed by atoms with van der Waals surface area (Å²) in [5, 5.41) is 6.04. The summed E-state index contributed by atoms with van der Waals surface area (Å²) >= 11 is 3.22. The molecule has 9 heteroatoms. The first-order valence-corrected chi connectivity index (χ1v) is 6.75. The van der Waals surface area contributed by atoms with E-state index in [9.17, 15) is 13.6 Å². The van der Waals surface area contributed by atoms with Crippen LogP contribution in [-0.2, 0) is 6.42 Å². The fourth-order valence-electron chi connectivity index (χ4n) is 1.85. The highest BCUT2D eigenvalue weighted by Gasteiger charge is 2.16. The van der Waals surface area contributed by atoms with Crippen LogP contribution in [0.1, 0.15) is 11.4 Å². The van der Waals surface area contributed by atoms with Gasteiger partial charge in [-0.15, -0.1) is 0 Å². The third kappa shape index (κ3) is 3.24. The molecule has 0 fully saturated rings. The first-order valence-electron chi connectivity index (χ1n) is 5.96. The molecule has 0 aliphatic carbocycles. The lowest BCUT2D eigenvalue weighted by Crippen LogP contribution is -2.19. The molecule has 0 aliphatic rings. The standard InChI is InChI=1S/C12H12BrF2N5O/c1-6-2-9(13)17-5-8(6)20-10(18-19-12(20)21)3-7(4-16)11(14)15/h2,5H,3-4,16H2,1H3,(H,19,21). The van der Waals surface area contributed by atoms with Gasteiger partial charge in [-0.1, -0.05) is 0 Å². The Morgan fingerprint density at radius 3 is 2.81 bits per heavy atom. The molecule has 21 heavy (non-hydrogen) atoms. The lowest BCUT2D eigenvalue weighted by molar-refractivity contribution is 0.407. The van der Waals surface area contributed by atoms with E-state index in [0.29, 0.717) is 10.3 Å². The van der Waals surface area contributed by atoms with E-state index in [2.05, 4.69) is 31.1 Å². The van der Waals surface area contributed by atoms with Crippen LogP contribution in [-0.4, -0.2) is 26.3 Å². The van der Waals surface area contributed by atoms with Gasteiger partial charge in [-0.25, -0.2) is 19.4 Å². The minimum Gasteiger partial charge on any atom is -0.327 e. The van der Waals surface area contributed by atoms with Gasteiger partial charge >= 0.3 is 5.69 Å². The quantitative estimate of drug-likeness (QED) is 0.812. The van der Waals surface area contributed by atoms with Crippen molar-refractivity contribution < 1.29 is 8.78 Å². The summed E-state index contributed by atoms with van der Waals surface area (Å²) in [6.45, 7) is 1.47. The first kappa shape index (κ1) is 15.5. The molecule has 3 N–H and O–H groups in total. The fraction of sp³-hybridized carbons (Fsp3) is 0.250. The minimum atomic E-state index is -1.86. The molecule has 0 saturated carbocycles. The van der Waals surface area contributed by atoms with Crippen LogP contribution in [0.5, 0.6) is 0 Å². The van der Waals surface area contributed by atoms with Gasteiger partial charge < -0.3 is 5.73 Å². The van der Waals surface area contributed by atoms with Crippen LogP contribution >= 0.6 is 15.9 Å². The van der Waals surface area contributed by atoms with Crippen LogP contribution in [0.15, 0.2) is 33.3 Å². The molecule has 2 aromatic heterocycles. The molecule has 0 amide bonds. The van der Waals surface area contributed by atoms with Gasteiger partial charge in [0.05, 0.1) is 11.9 Å². The van der Waals surface area contributed by atoms with E-state index in [1.165, 1.54) is 10.8 Å². The second kappa shape index (κ2) is 6.27. The largest absolute Gasteiger partial charge is 0.348 e. The van der Waals surface area contributed by atoms with Gasteiger partial charge in [-0.3, -0.25) is 0 Å². The van der Waals surface area contributed by atoms with E-state index in [-0.39, 0.29) is 24.4 Å². The smallest absolute Gasteiger partial charge is 0.327 e. The number of halogens is 3. The highest BCUT2D eigenvalue weighted by molar-refractivity contribution is 9.10. The summed E-state index contributed by atoms with van der Waals surface area (Å²) < 4.78 is 27.3. The summed E-state index contributed by atoms with van der Waals surface area (Å²) in [6.07, 6.45) is -0.602. The molecule has 0 saturated heterocycles. The van der Waals surface area contributed by atoms with Crippen molar-refractivity contribution in [1.82, 2.24) is 19.7 Å². The maximum Gasteiger partial charge on any atom is 0.348 e. The topological polar surface area (TPSA) is 89.6 Å². The van der Waals surface area contributed by atoms with E-state index in [0.717, 1.165) is 5.56 Å². The second-order valence-corrected chi connectivity index (χ2v) is 5.13. The van der Waals surface area contributed by atoms with Gasteiger partial charge in [0.2, 0.25) is 0 Å². The number of nitrogens with zero attached hydrogens (tertiary/aromatic N) is 3. The molecule has 112 valence electrons. The van der Waals surface area contributed by atoms with Gasteiger partial charge in [0.15, 0.2) is 0 Å². The molecule has 0 radical (unpaired) electrons. The Kier molecular flexibility index (Phi) is 4.63. The molecule has 2 aromatic rings. The number of nitrogens with two attached hydrogens (primary N) is 1. The number of hydrogen-bond acceptors (Lipinski definition) is 4. The molecular weight excluding hydrogens is 348 g/mol. The van der Waals surface area contributed by atoms with Crippen LogP contribution in [0.25, 0.3) is 5.69 Å². The van der Waals surface area contributed by atoms with E-state index < -0.39 is 11.8 Å². The van der Waals surface area contributed by atoms with Crippen molar-refractivity contribution in [3.63, 3.8) is 0 Å². The minimum absolute atomic E-state index is 0.153. The SMILES string of the molecule is Cc1cc(Br)ncc1-n1c(CC(CN)=C(F)F)n[nH]c1=O. The van der Waals surface area contributed by atoms with Crippen LogP contribution in [0.4, 0.5) is 8.78 Å². The number of aromatic nitrogens is 4. The third-order valence-corrected chi connectivity index (χ3v) is 3.35. The molecule has 0 unspecified atom stereocenters. The Morgan fingerprint density at radius 2 is 2.24 bits per heavy atom. The van der Waals surface area contributed by atoms with Crippen molar-refractivity contribution in [1.29, 1.82) is 0 Å². The summed E-state index contributed by atoms with van der Waals surface area (Å²) in [4.78, 5) is 15.9. The van der Waals surface area contributed by atoms with Crippen molar-refractivity contribution >= 4 is 15.9 Å². The first-order chi connectivity index (χ1) is 9.93. The highest BCUT2D eigenvalue weighted by atomic mass is 79.9. The van der Waals surface area contributed by atoms with Crippen LogP contribution in [0.3, 0.4) is 0 Å². The second-order valence-electron chi connectivity index (χ2n) is 4.32. The van der Waals surface area contributed by atoms with Crippen molar-refractivity contribution in [2.45, 2.75) is 13.3 Å². The van der Waals surface area contributed by atoms with Gasteiger partial charge in [0, 0.05) is 18.5 Å². The molecule has 0 aliphatic heterocycles. The lowest BCUT2D eigenvalue weighted by Gasteiger charge is -2.09. The molecule has 6 nitrogen and oxygen atoms in total. The van der Waals surface area contributed by atoms with Crippen LogP contribution in [0, 0.1) is 6.92 Å². The zero-order valence-electron chi connectivity index (χ0n) is 11.0. The normalized spacial score (nSPS) is 10.7. The number of nitrogens with one attached hydrogen (secondary N) is 1. The van der Waals surface area contributed by atoms with Crippen LogP contribution < -0.4 is 11.4 Å². The number of rotatable bonds is 4. The molecular formula is C12H12BrF2N5O. The van der Waals surface area contributed by atoms with E-state index in [4.69, 9.17) is 5.73 Å². The highest BCUT2D eigenvalue weighted by Crippen LogP contribution is 2.18. The predicted octanol–water partition coefficient (Wildman–Crippen LogP) is 1.68. The average Bonchev–Trinajstić information content (AvgIpc) is 2.77. The number of aromatic amines is 1. The Hall–Kier alpha value is -1.87. The lowest BCUT2D eigenvalue weighted by atomic mass is 10.2. The Morgan fingerprint density at radius 1 is 1.52 bits per heavy atom. The van der Waals surface area contributed by atoms with Crippen LogP contribution in [0.2, 0.25) is 0 Å². The summed E-state index contributed by atoms with van der Waals surface area (Å²) in [5.74, 6) is 0.153. The van der Waals surface area contributed by atoms with Gasteiger partial charge in [0.25, 0.3) is 6.08 Å². The average molecular weight is 360 g/mol. The Balaban J connectivity index is 2.53. The zero-order chi connectivity index (χ0) is 15.6. The molecule has 2 rings (SSSR count). The van der Waals surface area contributed by atoms with E-state index in [1.54, 1.807) is 13.0 Å². The van der Waals surface area contributed by atoms with Gasteiger partial charge in [-0.2, -0.15) is 13.9 Å². The Bertz CT molecular complexity index is 748. The summed E-state index contributed by atoms with van der Waals surface area (Å²) in [6, 6.07) is 1.72. The number of aryl methyl sites for hydroxylation is 1. The van der Waals surface area contributed by atoms with Crippen molar-refractivity contribution in [2.24, 2.45) is 5.73 Å². The summed E-state index contributed by atoms with van der Waals surface area (Å²) in [7, 11) is 0. The van der Waals surface area contributed by atoms with Gasteiger partial charge in [-0.05, 0) is 34.5 Å². The van der Waals surface area contributed by atoms with E-state index >= 15 is 0 Å². The molecule has 2 heterocycles. The number of pyridine rings is 1. The molecule has 0 atom stereocenters. The maximum absolute atomic E-state index is 12.7. The number of hydrogen-bond donors (Lipinski definition) is 2. The number of H-pyrrole nitrogens is 1.